The lowest BCUT2D eigenvalue weighted by Gasteiger charge is -2.37. The van der Waals surface area contributed by atoms with Gasteiger partial charge in [0.1, 0.15) is 0 Å². The molecule has 31 heavy (non-hydrogen) atoms. The highest BCUT2D eigenvalue weighted by atomic mass is 14.4. The van der Waals surface area contributed by atoms with Gasteiger partial charge in [0, 0.05) is 0 Å². The van der Waals surface area contributed by atoms with E-state index in [1.54, 1.807) is 12.0 Å². The minimum atomic E-state index is 0.784. The molecule has 0 aromatic heterocycles. The summed E-state index contributed by atoms with van der Waals surface area (Å²) in [5, 5.41) is 0. The molecule has 2 fully saturated rings. The van der Waals surface area contributed by atoms with Crippen LogP contribution in [-0.2, 0) is 0 Å². The van der Waals surface area contributed by atoms with Gasteiger partial charge in [0.2, 0.25) is 0 Å². The lowest BCUT2D eigenvalue weighted by atomic mass is 9.68. The van der Waals surface area contributed by atoms with E-state index >= 15 is 0 Å². The van der Waals surface area contributed by atoms with Gasteiger partial charge in [0.25, 0.3) is 0 Å². The fourth-order valence-electron chi connectivity index (χ4n) is 7.65. The predicted molar refractivity (Wildman–Crippen MR) is 140 cm³/mol. The summed E-state index contributed by atoms with van der Waals surface area (Å²) >= 11 is 0. The molecule has 6 unspecified atom stereocenters. The Hall–Kier alpha value is -0.260. The Labute approximate surface area is 197 Å². The molecule has 0 heterocycles. The Balaban J connectivity index is 1.75. The van der Waals surface area contributed by atoms with Gasteiger partial charge in [-0.2, -0.15) is 0 Å². The van der Waals surface area contributed by atoms with Crippen LogP contribution >= 0.6 is 0 Å². The van der Waals surface area contributed by atoms with Crippen LogP contribution in [0.2, 0.25) is 0 Å². The number of hydrogen-bond acceptors (Lipinski definition) is 0. The van der Waals surface area contributed by atoms with Crippen LogP contribution in [0, 0.1) is 53.3 Å². The second kappa shape index (κ2) is 13.4. The second-order valence-corrected chi connectivity index (χ2v) is 12.3. The van der Waals surface area contributed by atoms with E-state index in [-0.39, 0.29) is 0 Å². The van der Waals surface area contributed by atoms with Crippen LogP contribution < -0.4 is 0 Å². The van der Waals surface area contributed by atoms with Crippen molar-refractivity contribution in [2.24, 2.45) is 53.3 Å². The van der Waals surface area contributed by atoms with Gasteiger partial charge in [-0.1, -0.05) is 66.5 Å². The van der Waals surface area contributed by atoms with Crippen LogP contribution in [-0.4, -0.2) is 0 Å². The average molecular weight is 431 g/mol. The average Bonchev–Trinajstić information content (AvgIpc) is 3.26. The van der Waals surface area contributed by atoms with E-state index in [9.17, 15) is 0 Å². The fraction of sp³-hybridized carbons (Fsp3) is 0.935. The highest BCUT2D eigenvalue weighted by Gasteiger charge is 2.37. The molecule has 0 spiro atoms. The summed E-state index contributed by atoms with van der Waals surface area (Å²) in [7, 11) is 0. The first-order valence-electron chi connectivity index (χ1n) is 14.4. The predicted octanol–water partition coefficient (Wildman–Crippen LogP) is 10.3. The molecule has 2 aliphatic carbocycles. The van der Waals surface area contributed by atoms with Crippen molar-refractivity contribution in [2.75, 3.05) is 0 Å². The van der Waals surface area contributed by atoms with Gasteiger partial charge in [0.15, 0.2) is 0 Å². The molecule has 0 aromatic carbocycles. The van der Waals surface area contributed by atoms with Gasteiger partial charge >= 0.3 is 0 Å². The van der Waals surface area contributed by atoms with Crippen molar-refractivity contribution < 1.29 is 0 Å². The molecular weight excluding hydrogens is 372 g/mol. The summed E-state index contributed by atoms with van der Waals surface area (Å²) in [5.41, 5.74) is 1.67. The molecule has 0 nitrogen and oxygen atoms in total. The smallest absolute Gasteiger partial charge is 0.0232 e. The Kier molecular flexibility index (Phi) is 11.7. The van der Waals surface area contributed by atoms with Crippen LogP contribution in [0.1, 0.15) is 132 Å². The first-order chi connectivity index (χ1) is 14.8. The van der Waals surface area contributed by atoms with E-state index in [0.29, 0.717) is 0 Å². The third-order valence-electron chi connectivity index (χ3n) is 10.1. The SMILES string of the molecule is C/C=C(\CC)C(C)CCC(C)C1CCC(C(C)C2CCC(C(CC)CC(C)C)C2)CC1. The van der Waals surface area contributed by atoms with E-state index in [1.165, 1.54) is 70.6 Å². The van der Waals surface area contributed by atoms with E-state index in [2.05, 4.69) is 61.5 Å². The van der Waals surface area contributed by atoms with Crippen LogP contribution in [0.15, 0.2) is 11.6 Å². The maximum absolute atomic E-state index is 2.63. The second-order valence-electron chi connectivity index (χ2n) is 12.3. The molecule has 0 heteroatoms. The van der Waals surface area contributed by atoms with Gasteiger partial charge in [-0.05, 0) is 131 Å². The molecule has 0 N–H and O–H groups in total. The third-order valence-corrected chi connectivity index (χ3v) is 10.1. The monoisotopic (exact) mass is 430 g/mol. The van der Waals surface area contributed by atoms with E-state index in [1.807, 2.05) is 0 Å². The fourth-order valence-corrected chi connectivity index (χ4v) is 7.65. The van der Waals surface area contributed by atoms with Crippen LogP contribution in [0.3, 0.4) is 0 Å². The van der Waals surface area contributed by atoms with Crippen molar-refractivity contribution in [3.8, 4) is 0 Å². The summed E-state index contributed by atoms with van der Waals surface area (Å²) in [6.07, 6.45) is 19.9. The Morgan fingerprint density at radius 3 is 1.90 bits per heavy atom. The van der Waals surface area contributed by atoms with Crippen LogP contribution in [0.25, 0.3) is 0 Å². The molecule has 6 atom stereocenters. The van der Waals surface area contributed by atoms with Gasteiger partial charge in [0.05, 0.1) is 0 Å². The van der Waals surface area contributed by atoms with Crippen LogP contribution in [0.4, 0.5) is 0 Å². The van der Waals surface area contributed by atoms with Crippen molar-refractivity contribution in [3.05, 3.63) is 11.6 Å². The Morgan fingerprint density at radius 2 is 1.35 bits per heavy atom. The van der Waals surface area contributed by atoms with Crippen LogP contribution in [0.5, 0.6) is 0 Å². The first-order valence-corrected chi connectivity index (χ1v) is 14.4. The minimum Gasteiger partial charge on any atom is -0.0882 e. The molecule has 2 saturated carbocycles. The standard InChI is InChI=1S/C31H58/c1-9-26(10-2)23(6)12-13-24(7)28-14-16-29(17-15-28)25(8)30-18-19-31(21-30)27(11-3)20-22(4)5/h9,22-25,27-31H,10-21H2,1-8H3/b26-9+. The normalized spacial score (nSPS) is 31.6. The van der Waals surface area contributed by atoms with Crippen molar-refractivity contribution in [1.29, 1.82) is 0 Å². The highest BCUT2D eigenvalue weighted by molar-refractivity contribution is 5.03. The maximum atomic E-state index is 2.63. The summed E-state index contributed by atoms with van der Waals surface area (Å²) < 4.78 is 0. The lowest BCUT2D eigenvalue weighted by Crippen LogP contribution is -2.27. The molecule has 0 saturated heterocycles. The summed E-state index contributed by atoms with van der Waals surface area (Å²) in [5.74, 6) is 8.62. The van der Waals surface area contributed by atoms with Crippen molar-refractivity contribution >= 4 is 0 Å². The first kappa shape index (κ1) is 27.0. The molecule has 2 rings (SSSR count). The Morgan fingerprint density at radius 1 is 0.774 bits per heavy atom. The van der Waals surface area contributed by atoms with Crippen molar-refractivity contribution in [2.45, 2.75) is 132 Å². The van der Waals surface area contributed by atoms with Crippen molar-refractivity contribution in [1.82, 2.24) is 0 Å². The van der Waals surface area contributed by atoms with Gasteiger partial charge in [-0.25, -0.2) is 0 Å². The molecular formula is C31H58. The van der Waals surface area contributed by atoms with E-state index in [0.717, 1.165) is 53.3 Å². The number of hydrogen-bond donors (Lipinski definition) is 0. The number of allylic oxidation sites excluding steroid dienone is 2. The third kappa shape index (κ3) is 7.92. The molecule has 0 bridgehead atoms. The quantitative estimate of drug-likeness (QED) is 0.270. The minimum absolute atomic E-state index is 0.784. The van der Waals surface area contributed by atoms with Gasteiger partial charge in [-0.15, -0.1) is 0 Å². The largest absolute Gasteiger partial charge is 0.0882 e. The van der Waals surface area contributed by atoms with Gasteiger partial charge in [-0.3, -0.25) is 0 Å². The molecule has 0 radical (unpaired) electrons. The Bertz CT molecular complexity index is 506. The zero-order valence-electron chi connectivity index (χ0n) is 22.8. The summed E-state index contributed by atoms with van der Waals surface area (Å²) in [4.78, 5) is 0. The zero-order valence-corrected chi connectivity index (χ0v) is 22.8. The summed E-state index contributed by atoms with van der Waals surface area (Å²) in [6.45, 7) is 19.5. The molecule has 2 aliphatic rings. The van der Waals surface area contributed by atoms with Crippen molar-refractivity contribution in [3.63, 3.8) is 0 Å². The zero-order chi connectivity index (χ0) is 23.0. The molecule has 0 aromatic rings. The maximum Gasteiger partial charge on any atom is -0.0232 e. The molecule has 0 amide bonds. The van der Waals surface area contributed by atoms with E-state index < -0.39 is 0 Å². The highest BCUT2D eigenvalue weighted by Crippen LogP contribution is 2.47. The van der Waals surface area contributed by atoms with E-state index in [4.69, 9.17) is 0 Å². The molecule has 0 aliphatic heterocycles. The number of rotatable bonds is 12. The summed E-state index contributed by atoms with van der Waals surface area (Å²) in [6, 6.07) is 0. The van der Waals surface area contributed by atoms with Gasteiger partial charge < -0.3 is 0 Å². The molecule has 182 valence electrons. The lowest BCUT2D eigenvalue weighted by molar-refractivity contribution is 0.134. The topological polar surface area (TPSA) is 0 Å².